The van der Waals surface area contributed by atoms with Gasteiger partial charge in [0.1, 0.15) is 0 Å². The predicted octanol–water partition coefficient (Wildman–Crippen LogP) is 0.460. The summed E-state index contributed by atoms with van der Waals surface area (Å²) in [5, 5.41) is 0. The molecule has 1 atom stereocenters. The van der Waals surface area contributed by atoms with Crippen LogP contribution >= 0.6 is 0 Å². The van der Waals surface area contributed by atoms with Crippen LogP contribution in [0.15, 0.2) is 4.79 Å². The van der Waals surface area contributed by atoms with E-state index >= 15 is 0 Å². The largest absolute Gasteiger partial charge is 0.369 e. The van der Waals surface area contributed by atoms with Crippen molar-refractivity contribution in [3.63, 3.8) is 0 Å². The van der Waals surface area contributed by atoms with Crippen molar-refractivity contribution in [3.05, 3.63) is 21.6 Å². The second-order valence-corrected chi connectivity index (χ2v) is 3.36. The van der Waals surface area contributed by atoms with E-state index < -0.39 is 0 Å². The highest BCUT2D eigenvalue weighted by atomic mass is 16.1. The highest BCUT2D eigenvalue weighted by Gasteiger charge is 2.12. The first kappa shape index (κ1) is 10.7. The highest BCUT2D eigenvalue weighted by molar-refractivity contribution is 5.26. The number of aromatic nitrogens is 2. The van der Waals surface area contributed by atoms with E-state index in [4.69, 9.17) is 11.5 Å². The number of anilines is 1. The van der Waals surface area contributed by atoms with Crippen LogP contribution in [0.25, 0.3) is 0 Å². The van der Waals surface area contributed by atoms with Crippen LogP contribution in [0.5, 0.6) is 0 Å². The maximum absolute atomic E-state index is 11.3. The molecule has 1 aromatic heterocycles. The van der Waals surface area contributed by atoms with E-state index in [9.17, 15) is 4.79 Å². The first-order valence-electron chi connectivity index (χ1n) is 4.68. The van der Waals surface area contributed by atoms with Crippen molar-refractivity contribution >= 4 is 5.95 Å². The van der Waals surface area contributed by atoms with Gasteiger partial charge in [-0.25, -0.2) is 4.98 Å². The van der Waals surface area contributed by atoms with Gasteiger partial charge in [-0.3, -0.25) is 9.78 Å². The summed E-state index contributed by atoms with van der Waals surface area (Å²) >= 11 is 0. The minimum absolute atomic E-state index is 0.127. The first-order valence-corrected chi connectivity index (χ1v) is 4.68. The number of nitrogen functional groups attached to an aromatic ring is 1. The average molecular weight is 196 g/mol. The molecule has 1 unspecified atom stereocenters. The van der Waals surface area contributed by atoms with Crippen molar-refractivity contribution in [2.45, 2.75) is 32.7 Å². The molecule has 0 bridgehead atoms. The molecule has 0 aromatic carbocycles. The Morgan fingerprint density at radius 3 is 2.79 bits per heavy atom. The molecule has 0 spiro atoms. The summed E-state index contributed by atoms with van der Waals surface area (Å²) in [7, 11) is 0. The maximum Gasteiger partial charge on any atom is 0.255 e. The predicted molar refractivity (Wildman–Crippen MR) is 55.8 cm³/mol. The van der Waals surface area contributed by atoms with E-state index in [2.05, 4.69) is 9.97 Å². The fraction of sp³-hybridized carbons (Fsp3) is 0.556. The lowest BCUT2D eigenvalue weighted by Gasteiger charge is -2.12. The van der Waals surface area contributed by atoms with Crippen LogP contribution < -0.4 is 17.0 Å². The van der Waals surface area contributed by atoms with E-state index in [1.807, 2.05) is 6.92 Å². The number of nitrogens with one attached hydrogen (secondary N) is 1. The van der Waals surface area contributed by atoms with E-state index in [1.54, 1.807) is 6.92 Å². The molecule has 5 heteroatoms. The first-order chi connectivity index (χ1) is 6.56. The molecule has 1 rings (SSSR count). The standard InChI is InChI=1S/C9H16N4O/c1-3-4-6(10)7-5(2)8(14)13-9(11)12-7/h6H,3-4,10H2,1-2H3,(H3,11,12,13,14). The second kappa shape index (κ2) is 4.23. The molecule has 0 saturated carbocycles. The second-order valence-electron chi connectivity index (χ2n) is 3.36. The van der Waals surface area contributed by atoms with Gasteiger partial charge in [-0.15, -0.1) is 0 Å². The number of aromatic amines is 1. The Morgan fingerprint density at radius 1 is 1.57 bits per heavy atom. The molecule has 5 nitrogen and oxygen atoms in total. The highest BCUT2D eigenvalue weighted by Crippen LogP contribution is 2.15. The minimum atomic E-state index is -0.209. The molecular weight excluding hydrogens is 180 g/mol. The van der Waals surface area contributed by atoms with Crippen LogP contribution in [0.2, 0.25) is 0 Å². The van der Waals surface area contributed by atoms with Crippen molar-refractivity contribution in [1.82, 2.24) is 9.97 Å². The zero-order valence-corrected chi connectivity index (χ0v) is 8.50. The van der Waals surface area contributed by atoms with E-state index in [0.717, 1.165) is 12.8 Å². The number of nitrogens with two attached hydrogens (primary N) is 2. The number of hydrogen-bond donors (Lipinski definition) is 3. The molecule has 0 aliphatic rings. The Morgan fingerprint density at radius 2 is 2.21 bits per heavy atom. The molecule has 0 aliphatic heterocycles. The summed E-state index contributed by atoms with van der Waals surface area (Å²) in [4.78, 5) is 17.8. The third-order valence-corrected chi connectivity index (χ3v) is 2.16. The summed E-state index contributed by atoms with van der Waals surface area (Å²) in [6.45, 7) is 3.74. The van der Waals surface area contributed by atoms with Crippen LogP contribution in [0.4, 0.5) is 5.95 Å². The molecule has 0 radical (unpaired) electrons. The van der Waals surface area contributed by atoms with Crippen LogP contribution in [0.3, 0.4) is 0 Å². The Hall–Kier alpha value is -1.36. The molecule has 14 heavy (non-hydrogen) atoms. The van der Waals surface area contributed by atoms with Gasteiger partial charge in [-0.05, 0) is 13.3 Å². The summed E-state index contributed by atoms with van der Waals surface area (Å²) in [6, 6.07) is -0.204. The fourth-order valence-corrected chi connectivity index (χ4v) is 1.38. The minimum Gasteiger partial charge on any atom is -0.369 e. The molecule has 78 valence electrons. The van der Waals surface area contributed by atoms with Crippen LogP contribution in [0, 0.1) is 6.92 Å². The van der Waals surface area contributed by atoms with Gasteiger partial charge in [0.15, 0.2) is 0 Å². The molecule has 0 amide bonds. The van der Waals surface area contributed by atoms with E-state index in [0.29, 0.717) is 11.3 Å². The molecule has 0 saturated heterocycles. The van der Waals surface area contributed by atoms with E-state index in [-0.39, 0.29) is 17.5 Å². The van der Waals surface area contributed by atoms with Gasteiger partial charge in [0, 0.05) is 11.6 Å². The van der Waals surface area contributed by atoms with Gasteiger partial charge in [-0.1, -0.05) is 13.3 Å². The normalized spacial score (nSPS) is 12.8. The molecule has 0 aliphatic carbocycles. The topological polar surface area (TPSA) is 97.8 Å². The molecular formula is C9H16N4O. The SMILES string of the molecule is CCCC(N)c1nc(N)[nH]c(=O)c1C. The summed E-state index contributed by atoms with van der Waals surface area (Å²) in [6.07, 6.45) is 1.76. The Bertz CT molecular complexity index is 372. The van der Waals surface area contributed by atoms with Gasteiger partial charge in [0.25, 0.3) is 5.56 Å². The van der Waals surface area contributed by atoms with E-state index in [1.165, 1.54) is 0 Å². The number of hydrogen-bond acceptors (Lipinski definition) is 4. The summed E-state index contributed by atoms with van der Waals surface area (Å²) in [5.41, 5.74) is 12.3. The zero-order valence-electron chi connectivity index (χ0n) is 8.50. The third kappa shape index (κ3) is 2.11. The average Bonchev–Trinajstić information content (AvgIpc) is 2.11. The van der Waals surface area contributed by atoms with Crippen molar-refractivity contribution in [2.24, 2.45) is 5.73 Å². The van der Waals surface area contributed by atoms with Gasteiger partial charge in [-0.2, -0.15) is 0 Å². The van der Waals surface area contributed by atoms with Crippen molar-refractivity contribution in [3.8, 4) is 0 Å². The van der Waals surface area contributed by atoms with Crippen molar-refractivity contribution in [1.29, 1.82) is 0 Å². The van der Waals surface area contributed by atoms with Crippen molar-refractivity contribution in [2.75, 3.05) is 5.73 Å². The lowest BCUT2D eigenvalue weighted by molar-refractivity contribution is 0.615. The maximum atomic E-state index is 11.3. The number of nitrogens with zero attached hydrogens (tertiary/aromatic N) is 1. The lowest BCUT2D eigenvalue weighted by atomic mass is 10.1. The van der Waals surface area contributed by atoms with Crippen molar-refractivity contribution < 1.29 is 0 Å². The molecule has 1 aromatic rings. The van der Waals surface area contributed by atoms with Crippen LogP contribution in [-0.2, 0) is 0 Å². The lowest BCUT2D eigenvalue weighted by Crippen LogP contribution is -2.22. The van der Waals surface area contributed by atoms with Crippen LogP contribution in [-0.4, -0.2) is 9.97 Å². The van der Waals surface area contributed by atoms with Gasteiger partial charge in [0.05, 0.1) is 5.69 Å². The van der Waals surface area contributed by atoms with Gasteiger partial charge < -0.3 is 11.5 Å². The molecule has 1 heterocycles. The summed E-state index contributed by atoms with van der Waals surface area (Å²) in [5.74, 6) is 0.127. The third-order valence-electron chi connectivity index (χ3n) is 2.16. The number of H-pyrrole nitrogens is 1. The monoisotopic (exact) mass is 196 g/mol. The number of rotatable bonds is 3. The smallest absolute Gasteiger partial charge is 0.255 e. The Balaban J connectivity index is 3.13. The fourth-order valence-electron chi connectivity index (χ4n) is 1.38. The molecule has 5 N–H and O–H groups in total. The molecule has 0 fully saturated rings. The Labute approximate surface area is 82.5 Å². The van der Waals surface area contributed by atoms with Gasteiger partial charge >= 0.3 is 0 Å². The van der Waals surface area contributed by atoms with Gasteiger partial charge in [0.2, 0.25) is 5.95 Å². The van der Waals surface area contributed by atoms with Crippen LogP contribution in [0.1, 0.15) is 37.1 Å². The zero-order chi connectivity index (χ0) is 10.7. The summed E-state index contributed by atoms with van der Waals surface area (Å²) < 4.78 is 0. The quantitative estimate of drug-likeness (QED) is 0.654. The Kier molecular flexibility index (Phi) is 3.24.